The Labute approximate surface area is 192 Å². The molecule has 0 saturated heterocycles. The van der Waals surface area contributed by atoms with Crippen LogP contribution in [-0.4, -0.2) is 30.9 Å². The van der Waals surface area contributed by atoms with Crippen LogP contribution >= 0.6 is 0 Å². The second-order valence-corrected chi connectivity index (χ2v) is 9.86. The van der Waals surface area contributed by atoms with Crippen molar-refractivity contribution in [2.45, 2.75) is 67.2 Å². The molecule has 0 amide bonds. The quantitative estimate of drug-likeness (QED) is 0.404. The van der Waals surface area contributed by atoms with Gasteiger partial charge >= 0.3 is 6.16 Å². The summed E-state index contributed by atoms with van der Waals surface area (Å²) in [6.07, 6.45) is 11.0. The Morgan fingerprint density at radius 3 is 2.59 bits per heavy atom. The highest BCUT2D eigenvalue weighted by Crippen LogP contribution is 2.65. The minimum absolute atomic E-state index is 0.00293. The Kier molecular flexibility index (Phi) is 7.16. The number of hydrogen-bond donors (Lipinski definition) is 0. The molecule has 5 nitrogen and oxygen atoms in total. The maximum absolute atomic E-state index is 13.1. The molecule has 4 rings (SSSR count). The molecule has 0 radical (unpaired) electrons. The van der Waals surface area contributed by atoms with Crippen LogP contribution in [0, 0.1) is 34.5 Å². The minimum atomic E-state index is -0.776. The van der Waals surface area contributed by atoms with Crippen molar-refractivity contribution in [2.24, 2.45) is 34.5 Å². The lowest BCUT2D eigenvalue weighted by Crippen LogP contribution is -2.45. The van der Waals surface area contributed by atoms with E-state index in [4.69, 9.17) is 9.47 Å². The van der Waals surface area contributed by atoms with E-state index in [1.807, 2.05) is 19.9 Å². The number of allylic oxidation sites excluding steroid dienone is 6. The SMILES string of the molecule is CC.CCOC(=O)OCC(=O)C1[C@@H](C)CC2C3CCC4=CC(=O)C=C[C@]4(C)C3=CC[C@@]21C. The molecule has 0 heterocycles. The van der Waals surface area contributed by atoms with Crippen LogP contribution in [0.2, 0.25) is 0 Å². The third-order valence-electron chi connectivity index (χ3n) is 8.23. The van der Waals surface area contributed by atoms with Crippen LogP contribution < -0.4 is 0 Å². The van der Waals surface area contributed by atoms with Crippen molar-refractivity contribution < 1.29 is 23.9 Å². The smallest absolute Gasteiger partial charge is 0.435 e. The van der Waals surface area contributed by atoms with Gasteiger partial charge in [0, 0.05) is 11.3 Å². The van der Waals surface area contributed by atoms with E-state index >= 15 is 0 Å². The zero-order valence-electron chi connectivity index (χ0n) is 20.4. The topological polar surface area (TPSA) is 69.7 Å². The Bertz CT molecular complexity index is 865. The lowest BCUT2D eigenvalue weighted by Gasteiger charge is -2.52. The zero-order chi connectivity index (χ0) is 23.7. The van der Waals surface area contributed by atoms with Gasteiger partial charge in [-0.05, 0) is 74.9 Å². The normalized spacial score (nSPS) is 37.0. The summed E-state index contributed by atoms with van der Waals surface area (Å²) < 4.78 is 9.85. The van der Waals surface area contributed by atoms with Crippen molar-refractivity contribution in [1.29, 1.82) is 0 Å². The first kappa shape index (κ1) is 24.5. The molecule has 0 spiro atoms. The molecule has 0 bridgehead atoms. The molecular formula is C27H38O5. The molecule has 4 aliphatic rings. The molecule has 3 unspecified atom stereocenters. The van der Waals surface area contributed by atoms with E-state index in [-0.39, 0.29) is 47.4 Å². The van der Waals surface area contributed by atoms with Crippen molar-refractivity contribution in [3.63, 3.8) is 0 Å². The number of hydrogen-bond acceptors (Lipinski definition) is 5. The van der Waals surface area contributed by atoms with Crippen LogP contribution in [0.3, 0.4) is 0 Å². The van der Waals surface area contributed by atoms with Crippen LogP contribution in [0.4, 0.5) is 4.79 Å². The molecule has 4 aliphatic carbocycles. The highest BCUT2D eigenvalue weighted by atomic mass is 16.7. The Hall–Kier alpha value is -2.17. The predicted molar refractivity (Wildman–Crippen MR) is 124 cm³/mol. The molecular weight excluding hydrogens is 404 g/mol. The maximum atomic E-state index is 13.1. The van der Waals surface area contributed by atoms with Gasteiger partial charge in [0.1, 0.15) is 0 Å². The van der Waals surface area contributed by atoms with Gasteiger partial charge < -0.3 is 9.47 Å². The molecule has 32 heavy (non-hydrogen) atoms. The van der Waals surface area contributed by atoms with Crippen LogP contribution in [0.25, 0.3) is 0 Å². The number of carbonyl (C=O) groups excluding carboxylic acids is 3. The largest absolute Gasteiger partial charge is 0.508 e. The van der Waals surface area contributed by atoms with Crippen molar-refractivity contribution in [2.75, 3.05) is 13.2 Å². The lowest BCUT2D eigenvalue weighted by molar-refractivity contribution is -0.132. The zero-order valence-corrected chi connectivity index (χ0v) is 20.4. The summed E-state index contributed by atoms with van der Waals surface area (Å²) in [7, 11) is 0. The Balaban J connectivity index is 0.00000141. The number of Topliss-reactive ketones (excluding diaryl/α,β-unsaturated/α-hetero) is 1. The van der Waals surface area contributed by atoms with E-state index < -0.39 is 6.16 Å². The second-order valence-electron chi connectivity index (χ2n) is 9.86. The summed E-state index contributed by atoms with van der Waals surface area (Å²) in [4.78, 5) is 36.5. The molecule has 2 fully saturated rings. The van der Waals surface area contributed by atoms with Gasteiger partial charge in [0.25, 0.3) is 0 Å². The Morgan fingerprint density at radius 2 is 1.91 bits per heavy atom. The third-order valence-corrected chi connectivity index (χ3v) is 8.23. The standard InChI is InChI=1S/C25H32O5.C2H6/c1-5-29-23(28)30-14-21(27)22-15(2)12-20-18-7-6-16-13-17(26)8-10-24(16,3)19(18)9-11-25(20,22)4;1-2/h8-10,13,15,18,20,22H,5-7,11-12,14H2,1-4H3;1-2H3/t15-,18?,20?,22?,24-,25-;/m0./s1. The van der Waals surface area contributed by atoms with E-state index in [1.165, 1.54) is 11.1 Å². The fraction of sp³-hybridized carbons (Fsp3) is 0.667. The van der Waals surface area contributed by atoms with Crippen LogP contribution in [0.15, 0.2) is 35.5 Å². The average Bonchev–Trinajstić information content (AvgIpc) is 3.04. The second kappa shape index (κ2) is 9.36. The molecule has 6 atom stereocenters. The van der Waals surface area contributed by atoms with Gasteiger partial charge in [-0.2, -0.15) is 0 Å². The first-order chi connectivity index (χ1) is 15.2. The number of ether oxygens (including phenoxy) is 2. The van der Waals surface area contributed by atoms with Gasteiger partial charge in [-0.1, -0.05) is 51.0 Å². The highest BCUT2D eigenvalue weighted by Gasteiger charge is 2.59. The van der Waals surface area contributed by atoms with Crippen molar-refractivity contribution in [3.05, 3.63) is 35.5 Å². The van der Waals surface area contributed by atoms with Crippen molar-refractivity contribution in [1.82, 2.24) is 0 Å². The van der Waals surface area contributed by atoms with E-state index in [0.29, 0.717) is 11.8 Å². The van der Waals surface area contributed by atoms with E-state index in [0.717, 1.165) is 25.7 Å². The maximum Gasteiger partial charge on any atom is 0.508 e. The highest BCUT2D eigenvalue weighted by molar-refractivity contribution is 6.01. The fourth-order valence-corrected chi connectivity index (χ4v) is 6.96. The molecule has 0 aromatic rings. The summed E-state index contributed by atoms with van der Waals surface area (Å²) in [5.41, 5.74) is 2.35. The summed E-state index contributed by atoms with van der Waals surface area (Å²) in [6, 6.07) is 0. The molecule has 0 aliphatic heterocycles. The van der Waals surface area contributed by atoms with Crippen LogP contribution in [-0.2, 0) is 19.1 Å². The number of carbonyl (C=O) groups is 3. The third kappa shape index (κ3) is 3.99. The van der Waals surface area contributed by atoms with Crippen LogP contribution in [0.5, 0.6) is 0 Å². The van der Waals surface area contributed by atoms with E-state index in [1.54, 1.807) is 13.0 Å². The van der Waals surface area contributed by atoms with E-state index in [2.05, 4.69) is 32.9 Å². The fourth-order valence-electron chi connectivity index (χ4n) is 6.96. The molecule has 176 valence electrons. The van der Waals surface area contributed by atoms with Gasteiger partial charge in [-0.25, -0.2) is 4.79 Å². The molecule has 0 aromatic carbocycles. The van der Waals surface area contributed by atoms with E-state index in [9.17, 15) is 14.4 Å². The lowest BCUT2D eigenvalue weighted by atomic mass is 9.52. The van der Waals surface area contributed by atoms with Crippen LogP contribution in [0.1, 0.15) is 67.2 Å². The summed E-state index contributed by atoms with van der Waals surface area (Å²) >= 11 is 0. The molecule has 0 N–H and O–H groups in total. The number of ketones is 2. The van der Waals surface area contributed by atoms with Crippen molar-refractivity contribution in [3.8, 4) is 0 Å². The summed E-state index contributed by atoms with van der Waals surface area (Å²) in [5, 5.41) is 0. The first-order valence-electron chi connectivity index (χ1n) is 12.2. The van der Waals surface area contributed by atoms with Gasteiger partial charge in [-0.3, -0.25) is 9.59 Å². The van der Waals surface area contributed by atoms with Gasteiger partial charge in [0.15, 0.2) is 18.2 Å². The molecule has 0 aromatic heterocycles. The minimum Gasteiger partial charge on any atom is -0.435 e. The summed E-state index contributed by atoms with van der Waals surface area (Å²) in [6.45, 7) is 12.4. The van der Waals surface area contributed by atoms with Gasteiger partial charge in [-0.15, -0.1) is 0 Å². The first-order valence-corrected chi connectivity index (χ1v) is 12.2. The Morgan fingerprint density at radius 1 is 1.19 bits per heavy atom. The number of rotatable bonds is 4. The molecule has 5 heteroatoms. The van der Waals surface area contributed by atoms with Crippen molar-refractivity contribution >= 4 is 17.7 Å². The van der Waals surface area contributed by atoms with Gasteiger partial charge in [0.05, 0.1) is 6.61 Å². The van der Waals surface area contributed by atoms with Gasteiger partial charge in [0.2, 0.25) is 0 Å². The molecule has 2 saturated carbocycles. The number of fused-ring (bicyclic) bond motifs is 5. The average molecular weight is 443 g/mol. The monoisotopic (exact) mass is 442 g/mol. The summed E-state index contributed by atoms with van der Waals surface area (Å²) in [5.74, 6) is 1.07. The predicted octanol–water partition coefficient (Wildman–Crippen LogP) is 5.85.